The number of rotatable bonds is 18. The summed E-state index contributed by atoms with van der Waals surface area (Å²) in [5.74, 6) is -1.29. The third kappa shape index (κ3) is 16.6. The van der Waals surface area contributed by atoms with Gasteiger partial charge in [0.25, 0.3) is 0 Å². The van der Waals surface area contributed by atoms with E-state index >= 15 is 0 Å². The summed E-state index contributed by atoms with van der Waals surface area (Å²) >= 11 is 0. The van der Waals surface area contributed by atoms with Crippen molar-refractivity contribution >= 4 is 30.1 Å². The summed E-state index contributed by atoms with van der Waals surface area (Å²) in [4.78, 5) is 60.3. The Balaban J connectivity index is 1.63. The molecule has 2 aromatic rings. The Kier molecular flexibility index (Phi) is 16.7. The minimum absolute atomic E-state index is 0.0396. The zero-order valence-electron chi connectivity index (χ0n) is 26.7. The minimum atomic E-state index is -1.14. The number of hydrogen-bond donors (Lipinski definition) is 11. The fourth-order valence-corrected chi connectivity index (χ4v) is 4.29. The van der Waals surface area contributed by atoms with Crippen molar-refractivity contribution in [1.82, 2.24) is 42.5 Å². The largest absolute Gasteiger partial charge is 0.508 e. The fourth-order valence-electron chi connectivity index (χ4n) is 4.29. The number of carboxylic acid groups (broad SMARTS) is 1. The van der Waals surface area contributed by atoms with Crippen molar-refractivity contribution in [2.45, 2.75) is 44.8 Å². The van der Waals surface area contributed by atoms with Crippen LogP contribution in [0.3, 0.4) is 0 Å². The SMILES string of the molecule is CC(C)[C@H](NC(=O)NC[C@H](Cc1ccccc1)NC(=O)NCCNC(=O)NCCNC(=O)NC[C@@H](N)Cc1ccc(O)cc1)C(=O)O. The predicted molar refractivity (Wildman–Crippen MR) is 176 cm³/mol. The van der Waals surface area contributed by atoms with Crippen molar-refractivity contribution in [3.8, 4) is 5.75 Å². The first-order chi connectivity index (χ1) is 22.4. The lowest BCUT2D eigenvalue weighted by Crippen LogP contribution is -2.53. The molecule has 0 radical (unpaired) electrons. The molecule has 16 heteroatoms. The Bertz CT molecular complexity index is 1280. The first-order valence-electron chi connectivity index (χ1n) is 15.3. The Morgan fingerprint density at radius 1 is 0.638 bits per heavy atom. The van der Waals surface area contributed by atoms with Gasteiger partial charge in [0.2, 0.25) is 0 Å². The number of aromatic hydroxyl groups is 1. The number of benzene rings is 2. The fraction of sp³-hybridized carbons (Fsp3) is 0.452. The number of phenols is 1. The van der Waals surface area contributed by atoms with E-state index in [1.54, 1.807) is 38.1 Å². The first kappa shape index (κ1) is 37.9. The zero-order chi connectivity index (χ0) is 34.6. The molecular formula is C31H47N9O7. The van der Waals surface area contributed by atoms with Crippen molar-refractivity contribution in [2.75, 3.05) is 39.3 Å². The van der Waals surface area contributed by atoms with Crippen LogP contribution in [0.4, 0.5) is 19.2 Å². The molecule has 3 atom stereocenters. The van der Waals surface area contributed by atoms with Crippen LogP contribution in [0, 0.1) is 5.92 Å². The monoisotopic (exact) mass is 657 g/mol. The normalized spacial score (nSPS) is 12.5. The minimum Gasteiger partial charge on any atom is -0.508 e. The summed E-state index contributed by atoms with van der Waals surface area (Å²) < 4.78 is 0. The second-order valence-electron chi connectivity index (χ2n) is 11.2. The maximum atomic E-state index is 12.5. The second kappa shape index (κ2) is 20.7. The van der Waals surface area contributed by atoms with E-state index in [1.807, 2.05) is 30.3 Å². The summed E-state index contributed by atoms with van der Waals surface area (Å²) in [5, 5.41) is 39.6. The number of amides is 8. The molecule has 0 heterocycles. The molecule has 0 aromatic heterocycles. The molecule has 0 aliphatic rings. The van der Waals surface area contributed by atoms with Crippen molar-refractivity contribution in [2.24, 2.45) is 11.7 Å². The van der Waals surface area contributed by atoms with Gasteiger partial charge in [0.05, 0.1) is 6.04 Å². The van der Waals surface area contributed by atoms with Crippen LogP contribution < -0.4 is 48.3 Å². The van der Waals surface area contributed by atoms with Gasteiger partial charge < -0.3 is 58.5 Å². The summed E-state index contributed by atoms with van der Waals surface area (Å²) in [6, 6.07) is 12.0. The van der Waals surface area contributed by atoms with E-state index in [-0.39, 0.29) is 57.0 Å². The number of urea groups is 4. The maximum absolute atomic E-state index is 12.5. The van der Waals surface area contributed by atoms with Crippen molar-refractivity contribution < 1.29 is 34.2 Å². The molecule has 0 saturated heterocycles. The highest BCUT2D eigenvalue weighted by Crippen LogP contribution is 2.10. The molecule has 0 unspecified atom stereocenters. The van der Waals surface area contributed by atoms with Gasteiger partial charge in [-0.1, -0.05) is 56.3 Å². The first-order valence-corrected chi connectivity index (χ1v) is 15.3. The van der Waals surface area contributed by atoms with Crippen LogP contribution in [0.5, 0.6) is 5.75 Å². The van der Waals surface area contributed by atoms with Gasteiger partial charge in [0.15, 0.2) is 0 Å². The number of phenolic OH excluding ortho intramolecular Hbond substituents is 1. The Labute approximate surface area is 274 Å². The average Bonchev–Trinajstić information content (AvgIpc) is 3.03. The smallest absolute Gasteiger partial charge is 0.326 e. The molecule has 0 saturated carbocycles. The van der Waals surface area contributed by atoms with Crippen LogP contribution in [0.1, 0.15) is 25.0 Å². The molecule has 47 heavy (non-hydrogen) atoms. The van der Waals surface area contributed by atoms with Gasteiger partial charge in [-0.3, -0.25) is 0 Å². The van der Waals surface area contributed by atoms with Crippen molar-refractivity contribution in [3.63, 3.8) is 0 Å². The van der Waals surface area contributed by atoms with Gasteiger partial charge >= 0.3 is 30.1 Å². The van der Waals surface area contributed by atoms with Gasteiger partial charge in [-0.25, -0.2) is 24.0 Å². The van der Waals surface area contributed by atoms with E-state index in [0.29, 0.717) is 12.8 Å². The van der Waals surface area contributed by atoms with Gasteiger partial charge in [-0.05, 0) is 42.0 Å². The molecule has 2 rings (SSSR count). The number of carbonyl (C=O) groups is 5. The Hall–Kier alpha value is -5.25. The lowest BCUT2D eigenvalue weighted by molar-refractivity contribution is -0.140. The van der Waals surface area contributed by atoms with Gasteiger partial charge in [-0.2, -0.15) is 0 Å². The van der Waals surface area contributed by atoms with E-state index in [4.69, 9.17) is 5.73 Å². The van der Waals surface area contributed by atoms with E-state index in [1.165, 1.54) is 0 Å². The Morgan fingerprint density at radius 3 is 1.68 bits per heavy atom. The van der Waals surface area contributed by atoms with Crippen LogP contribution in [-0.4, -0.2) is 97.7 Å². The number of nitrogens with one attached hydrogen (secondary N) is 8. The van der Waals surface area contributed by atoms with E-state index in [2.05, 4.69) is 42.5 Å². The third-order valence-electron chi connectivity index (χ3n) is 6.74. The molecule has 16 nitrogen and oxygen atoms in total. The molecule has 8 amide bonds. The number of aliphatic carboxylic acids is 1. The number of carbonyl (C=O) groups excluding carboxylic acids is 4. The molecule has 0 aliphatic heterocycles. The highest BCUT2D eigenvalue weighted by Gasteiger charge is 2.24. The maximum Gasteiger partial charge on any atom is 0.326 e. The van der Waals surface area contributed by atoms with Gasteiger partial charge in [0, 0.05) is 45.3 Å². The van der Waals surface area contributed by atoms with Gasteiger partial charge in [-0.15, -0.1) is 0 Å². The van der Waals surface area contributed by atoms with Crippen LogP contribution in [0.2, 0.25) is 0 Å². The lowest BCUT2D eigenvalue weighted by atomic mass is 10.1. The molecule has 0 spiro atoms. The highest BCUT2D eigenvalue weighted by atomic mass is 16.4. The van der Waals surface area contributed by atoms with Crippen LogP contribution in [-0.2, 0) is 17.6 Å². The standard InChI is InChI=1S/C31H47N9O7/c1-20(2)26(27(42)43)40-31(47)38-19-24(17-21-6-4-3-5-7-21)39-30(46)36-15-14-34-28(44)33-12-13-35-29(45)37-18-23(32)16-22-8-10-25(41)11-9-22/h3-11,20,23-24,26,41H,12-19,32H2,1-2H3,(H,42,43)(H2,33,34,44)(H2,35,37,45)(H2,36,39,46)(H2,38,40,47)/t23-,24-,26-/m0/s1. The summed E-state index contributed by atoms with van der Waals surface area (Å²) in [6.07, 6.45) is 0.929. The molecule has 258 valence electrons. The molecule has 2 aromatic carbocycles. The molecule has 0 fully saturated rings. The van der Waals surface area contributed by atoms with Crippen molar-refractivity contribution in [1.29, 1.82) is 0 Å². The van der Waals surface area contributed by atoms with E-state index in [9.17, 15) is 34.2 Å². The van der Waals surface area contributed by atoms with Crippen LogP contribution in [0.15, 0.2) is 54.6 Å². The predicted octanol–water partition coefficient (Wildman–Crippen LogP) is 0.179. The zero-order valence-corrected chi connectivity index (χ0v) is 26.7. The molecule has 12 N–H and O–H groups in total. The molecule has 0 bridgehead atoms. The molecule has 0 aliphatic carbocycles. The number of nitrogens with two attached hydrogens (primary N) is 1. The lowest BCUT2D eigenvalue weighted by Gasteiger charge is -2.22. The summed E-state index contributed by atoms with van der Waals surface area (Å²) in [5.41, 5.74) is 7.90. The topological polar surface area (TPSA) is 248 Å². The number of hydrogen-bond acceptors (Lipinski definition) is 7. The van der Waals surface area contributed by atoms with E-state index < -0.39 is 42.2 Å². The average molecular weight is 658 g/mol. The summed E-state index contributed by atoms with van der Waals surface area (Å²) in [6.45, 7) is 4.23. The highest BCUT2D eigenvalue weighted by molar-refractivity contribution is 5.82. The van der Waals surface area contributed by atoms with Crippen LogP contribution in [0.25, 0.3) is 0 Å². The van der Waals surface area contributed by atoms with E-state index in [0.717, 1.165) is 11.1 Å². The Morgan fingerprint density at radius 2 is 1.13 bits per heavy atom. The quantitative estimate of drug-likeness (QED) is 0.0985. The summed E-state index contributed by atoms with van der Waals surface area (Å²) in [7, 11) is 0. The van der Waals surface area contributed by atoms with Crippen molar-refractivity contribution in [3.05, 3.63) is 65.7 Å². The second-order valence-corrected chi connectivity index (χ2v) is 11.2. The number of carboxylic acids is 1. The van der Waals surface area contributed by atoms with Gasteiger partial charge in [0.1, 0.15) is 11.8 Å². The third-order valence-corrected chi connectivity index (χ3v) is 6.74. The van der Waals surface area contributed by atoms with Crippen LogP contribution >= 0.6 is 0 Å². The molecular weight excluding hydrogens is 610 g/mol.